The van der Waals surface area contributed by atoms with Gasteiger partial charge >= 0.3 is 0 Å². The zero-order valence-electron chi connectivity index (χ0n) is 13.3. The third kappa shape index (κ3) is 3.92. The molecular weight excluding hydrogens is 261 g/mol. The number of rotatable bonds is 5. The minimum absolute atomic E-state index is 0.00481. The van der Waals surface area contributed by atoms with E-state index in [0.717, 1.165) is 17.5 Å². The summed E-state index contributed by atoms with van der Waals surface area (Å²) in [6.07, 6.45) is 0.787. The molecule has 0 fully saturated rings. The molecule has 0 aliphatic heterocycles. The molecule has 1 N–H and O–H groups in total. The summed E-state index contributed by atoms with van der Waals surface area (Å²) in [5, 5.41) is 3.23. The first kappa shape index (κ1) is 15.7. The number of halogens is 1. The summed E-state index contributed by atoms with van der Waals surface area (Å²) in [5.74, 6) is 0.395. The molecule has 1 unspecified atom stereocenters. The van der Waals surface area contributed by atoms with E-state index in [1.807, 2.05) is 26.1 Å². The molecule has 112 valence electrons. The summed E-state index contributed by atoms with van der Waals surface area (Å²) >= 11 is 0. The van der Waals surface area contributed by atoms with Gasteiger partial charge in [-0.3, -0.25) is 0 Å². The maximum absolute atomic E-state index is 14.0. The Hall–Kier alpha value is -1.67. The highest BCUT2D eigenvalue weighted by molar-refractivity contribution is 5.30. The molecule has 0 spiro atoms. The van der Waals surface area contributed by atoms with Crippen molar-refractivity contribution in [3.63, 3.8) is 0 Å². The van der Waals surface area contributed by atoms with Crippen LogP contribution in [0, 0.1) is 12.7 Å². The smallest absolute Gasteiger partial charge is 0.128 e. The van der Waals surface area contributed by atoms with E-state index < -0.39 is 0 Å². The van der Waals surface area contributed by atoms with Gasteiger partial charge in [0.15, 0.2) is 0 Å². The Morgan fingerprint density at radius 2 is 1.71 bits per heavy atom. The van der Waals surface area contributed by atoms with Crippen molar-refractivity contribution in [2.45, 2.75) is 39.2 Å². The van der Waals surface area contributed by atoms with Crippen molar-refractivity contribution in [3.05, 3.63) is 70.5 Å². The molecule has 0 aliphatic carbocycles. The van der Waals surface area contributed by atoms with Crippen LogP contribution in [0.15, 0.2) is 42.5 Å². The quantitative estimate of drug-likeness (QED) is 0.835. The highest BCUT2D eigenvalue weighted by atomic mass is 19.1. The summed E-state index contributed by atoms with van der Waals surface area (Å²) in [4.78, 5) is 0. The van der Waals surface area contributed by atoms with Gasteiger partial charge in [0.25, 0.3) is 0 Å². The number of benzene rings is 2. The van der Waals surface area contributed by atoms with Gasteiger partial charge in [-0.2, -0.15) is 0 Å². The summed E-state index contributed by atoms with van der Waals surface area (Å²) in [6.45, 7) is 6.37. The predicted molar refractivity (Wildman–Crippen MR) is 87.2 cm³/mol. The lowest BCUT2D eigenvalue weighted by molar-refractivity contribution is 0.533. The summed E-state index contributed by atoms with van der Waals surface area (Å²) in [5.41, 5.74) is 4.38. The fourth-order valence-electron chi connectivity index (χ4n) is 2.57. The van der Waals surface area contributed by atoms with Crippen LogP contribution in [0.2, 0.25) is 0 Å². The minimum Gasteiger partial charge on any atom is -0.313 e. The van der Waals surface area contributed by atoms with Crippen molar-refractivity contribution in [3.8, 4) is 0 Å². The molecule has 0 aliphatic rings. The first-order valence-corrected chi connectivity index (χ1v) is 7.53. The number of hydrogen-bond acceptors (Lipinski definition) is 1. The zero-order valence-corrected chi connectivity index (χ0v) is 13.3. The highest BCUT2D eigenvalue weighted by Crippen LogP contribution is 2.23. The van der Waals surface area contributed by atoms with Crippen molar-refractivity contribution in [1.29, 1.82) is 0 Å². The normalized spacial score (nSPS) is 12.7. The molecule has 2 rings (SSSR count). The van der Waals surface area contributed by atoms with Crippen molar-refractivity contribution in [1.82, 2.24) is 5.32 Å². The van der Waals surface area contributed by atoms with Crippen molar-refractivity contribution in [2.75, 3.05) is 7.05 Å². The average Bonchev–Trinajstić information content (AvgIpc) is 2.48. The van der Waals surface area contributed by atoms with Crippen LogP contribution in [0.3, 0.4) is 0 Å². The van der Waals surface area contributed by atoms with Crippen LogP contribution >= 0.6 is 0 Å². The molecule has 0 heterocycles. The largest absolute Gasteiger partial charge is 0.313 e. The van der Waals surface area contributed by atoms with Crippen LogP contribution in [0.4, 0.5) is 4.39 Å². The van der Waals surface area contributed by atoms with Gasteiger partial charge in [-0.15, -0.1) is 0 Å². The highest BCUT2D eigenvalue weighted by Gasteiger charge is 2.15. The fourth-order valence-corrected chi connectivity index (χ4v) is 2.57. The zero-order chi connectivity index (χ0) is 15.4. The molecule has 2 aromatic rings. The maximum Gasteiger partial charge on any atom is 0.128 e. The molecule has 2 heteroatoms. The molecule has 0 amide bonds. The van der Waals surface area contributed by atoms with E-state index in [0.29, 0.717) is 5.92 Å². The Balaban J connectivity index is 2.20. The van der Waals surface area contributed by atoms with Crippen LogP contribution in [-0.2, 0) is 6.42 Å². The van der Waals surface area contributed by atoms with Crippen LogP contribution in [0.1, 0.15) is 48.1 Å². The van der Waals surface area contributed by atoms with Crippen molar-refractivity contribution in [2.24, 2.45) is 0 Å². The van der Waals surface area contributed by atoms with Crippen molar-refractivity contribution < 1.29 is 4.39 Å². The molecule has 0 bridgehead atoms. The minimum atomic E-state index is -0.140. The first-order chi connectivity index (χ1) is 10.0. The number of hydrogen-bond donors (Lipinski definition) is 1. The molecule has 21 heavy (non-hydrogen) atoms. The Labute approximate surface area is 127 Å². The standard InChI is InChI=1S/C19H24FN/c1-13(2)16-8-6-15(7-9-16)12-19(21-4)17-11-14(3)5-10-18(17)20/h5-11,13,19,21H,12H2,1-4H3. The second kappa shape index (κ2) is 6.86. The van der Waals surface area contributed by atoms with Gasteiger partial charge in [0.2, 0.25) is 0 Å². The molecule has 0 radical (unpaired) electrons. The Kier molecular flexibility index (Phi) is 5.13. The van der Waals surface area contributed by atoms with E-state index in [9.17, 15) is 4.39 Å². The summed E-state index contributed by atoms with van der Waals surface area (Å²) in [7, 11) is 1.88. The van der Waals surface area contributed by atoms with E-state index in [1.165, 1.54) is 11.1 Å². The number of aryl methyl sites for hydroxylation is 1. The predicted octanol–water partition coefficient (Wildman–Crippen LogP) is 4.76. The molecule has 0 saturated heterocycles. The molecule has 1 atom stereocenters. The average molecular weight is 285 g/mol. The van der Waals surface area contributed by atoms with E-state index in [-0.39, 0.29) is 11.9 Å². The number of nitrogens with one attached hydrogen (secondary N) is 1. The van der Waals surface area contributed by atoms with Gasteiger partial charge in [0.1, 0.15) is 5.82 Å². The fraction of sp³-hybridized carbons (Fsp3) is 0.368. The van der Waals surface area contributed by atoms with Crippen LogP contribution in [0.5, 0.6) is 0 Å². The van der Waals surface area contributed by atoms with E-state index in [4.69, 9.17) is 0 Å². The summed E-state index contributed by atoms with van der Waals surface area (Å²) < 4.78 is 14.0. The Bertz CT molecular complexity index is 587. The lowest BCUT2D eigenvalue weighted by Gasteiger charge is -2.18. The van der Waals surface area contributed by atoms with E-state index in [1.54, 1.807) is 6.07 Å². The maximum atomic E-state index is 14.0. The van der Waals surface area contributed by atoms with Crippen molar-refractivity contribution >= 4 is 0 Å². The van der Waals surface area contributed by atoms with Crippen LogP contribution < -0.4 is 5.32 Å². The van der Waals surface area contributed by atoms with Crippen LogP contribution in [-0.4, -0.2) is 7.05 Å². The van der Waals surface area contributed by atoms with Gasteiger partial charge in [0.05, 0.1) is 0 Å². The second-order valence-electron chi connectivity index (χ2n) is 5.97. The topological polar surface area (TPSA) is 12.0 Å². The van der Waals surface area contributed by atoms with Gasteiger partial charge < -0.3 is 5.32 Å². The first-order valence-electron chi connectivity index (χ1n) is 7.53. The molecule has 0 aromatic heterocycles. The lowest BCUT2D eigenvalue weighted by atomic mass is 9.95. The Morgan fingerprint density at radius 1 is 1.05 bits per heavy atom. The molecule has 1 nitrogen and oxygen atoms in total. The second-order valence-corrected chi connectivity index (χ2v) is 5.97. The third-order valence-electron chi connectivity index (χ3n) is 3.96. The molecule has 0 saturated carbocycles. The van der Waals surface area contributed by atoms with E-state index in [2.05, 4.69) is 43.4 Å². The SMILES string of the molecule is CNC(Cc1ccc(C(C)C)cc1)c1cc(C)ccc1F. The molecular formula is C19H24FN. The van der Waals surface area contributed by atoms with Gasteiger partial charge in [-0.25, -0.2) is 4.39 Å². The van der Waals surface area contributed by atoms with Crippen LogP contribution in [0.25, 0.3) is 0 Å². The molecule has 2 aromatic carbocycles. The van der Waals surface area contributed by atoms with Gasteiger partial charge in [-0.05, 0) is 43.5 Å². The Morgan fingerprint density at radius 3 is 2.29 bits per heavy atom. The van der Waals surface area contributed by atoms with Gasteiger partial charge in [0, 0.05) is 11.6 Å². The van der Waals surface area contributed by atoms with E-state index >= 15 is 0 Å². The monoisotopic (exact) mass is 285 g/mol. The number of likely N-dealkylation sites (N-methyl/N-ethyl adjacent to an activating group) is 1. The summed E-state index contributed by atoms with van der Waals surface area (Å²) in [6, 6.07) is 13.9. The van der Waals surface area contributed by atoms with Gasteiger partial charge in [-0.1, -0.05) is 55.8 Å². The lowest BCUT2D eigenvalue weighted by Crippen LogP contribution is -2.20. The third-order valence-corrected chi connectivity index (χ3v) is 3.96.